The number of nitrogens with zero attached hydrogens (tertiary/aromatic N) is 2. The predicted molar refractivity (Wildman–Crippen MR) is 81.6 cm³/mol. The van der Waals surface area contributed by atoms with Crippen molar-refractivity contribution in [3.63, 3.8) is 0 Å². The van der Waals surface area contributed by atoms with Crippen molar-refractivity contribution in [1.29, 1.82) is 0 Å². The van der Waals surface area contributed by atoms with Gasteiger partial charge < -0.3 is 5.11 Å². The monoisotopic (exact) mass is 335 g/mol. The van der Waals surface area contributed by atoms with Gasteiger partial charge in [0.15, 0.2) is 5.03 Å². The summed E-state index contributed by atoms with van der Waals surface area (Å²) in [5.41, 5.74) is -0.154. The molecule has 0 spiro atoms. The van der Waals surface area contributed by atoms with Gasteiger partial charge in [0.05, 0.1) is 27.5 Å². The summed E-state index contributed by atoms with van der Waals surface area (Å²) in [5.74, 6) is -1.22. The van der Waals surface area contributed by atoms with Gasteiger partial charge in [-0.25, -0.2) is 9.78 Å². The lowest BCUT2D eigenvalue weighted by atomic mass is 10.2. The molecule has 2 aromatic heterocycles. The number of carboxylic acid groups (broad SMARTS) is 1. The molecule has 0 saturated carbocycles. The molecule has 0 unspecified atom stereocenters. The molecule has 3 rings (SSSR count). The molecule has 0 saturated heterocycles. The van der Waals surface area contributed by atoms with Crippen LogP contribution in [0.1, 0.15) is 10.4 Å². The fraction of sp³-hybridized carbons (Fsp3) is 0. The fourth-order valence-corrected chi connectivity index (χ4v) is 3.86. The van der Waals surface area contributed by atoms with Gasteiger partial charge in [0, 0.05) is 6.20 Å². The molecule has 0 aliphatic carbocycles. The van der Waals surface area contributed by atoms with Gasteiger partial charge in [-0.1, -0.05) is 12.1 Å². The molecule has 0 aliphatic heterocycles. The minimum atomic E-state index is -4.02. The van der Waals surface area contributed by atoms with Crippen molar-refractivity contribution in [2.75, 3.05) is 4.72 Å². The maximum absolute atomic E-state index is 12.5. The number of carbonyl (C=O) groups is 1. The number of benzene rings is 1. The van der Waals surface area contributed by atoms with Crippen LogP contribution in [-0.2, 0) is 10.0 Å². The van der Waals surface area contributed by atoms with E-state index < -0.39 is 16.0 Å². The summed E-state index contributed by atoms with van der Waals surface area (Å²) in [6.45, 7) is 0. The third kappa shape index (κ3) is 2.51. The summed E-state index contributed by atoms with van der Waals surface area (Å²) >= 11 is 1.16. The van der Waals surface area contributed by atoms with Crippen molar-refractivity contribution in [3.05, 3.63) is 48.3 Å². The van der Waals surface area contributed by atoms with E-state index in [1.165, 1.54) is 30.6 Å². The van der Waals surface area contributed by atoms with E-state index in [2.05, 4.69) is 14.1 Å². The molecule has 0 amide bonds. The second kappa shape index (κ2) is 5.35. The Morgan fingerprint density at radius 3 is 2.77 bits per heavy atom. The van der Waals surface area contributed by atoms with E-state index >= 15 is 0 Å². The number of aromatic carboxylic acids is 1. The molecule has 7 nitrogen and oxygen atoms in total. The Kier molecular flexibility index (Phi) is 3.51. The summed E-state index contributed by atoms with van der Waals surface area (Å²) in [6, 6.07) is 7.43. The number of pyridine rings is 1. The Hall–Kier alpha value is -2.52. The zero-order chi connectivity index (χ0) is 15.7. The van der Waals surface area contributed by atoms with Crippen LogP contribution in [0, 0.1) is 0 Å². The Balaban J connectivity index is 2.09. The first-order valence-corrected chi connectivity index (χ1v) is 8.29. The SMILES string of the molecule is O=C(O)c1ccccc1NS(=O)(=O)c1nccc2sncc12. The van der Waals surface area contributed by atoms with Gasteiger partial charge in [0.1, 0.15) is 0 Å². The van der Waals surface area contributed by atoms with Crippen molar-refractivity contribution in [2.24, 2.45) is 0 Å². The number of aromatic nitrogens is 2. The van der Waals surface area contributed by atoms with E-state index in [-0.39, 0.29) is 16.3 Å². The summed E-state index contributed by atoms with van der Waals surface area (Å²) in [5, 5.41) is 9.33. The van der Waals surface area contributed by atoms with Gasteiger partial charge in [0.2, 0.25) is 0 Å². The molecule has 0 bridgehead atoms. The van der Waals surface area contributed by atoms with Gasteiger partial charge in [-0.15, -0.1) is 0 Å². The largest absolute Gasteiger partial charge is 0.478 e. The van der Waals surface area contributed by atoms with Crippen LogP contribution in [0.25, 0.3) is 10.1 Å². The van der Waals surface area contributed by atoms with Crippen molar-refractivity contribution < 1.29 is 18.3 Å². The van der Waals surface area contributed by atoms with Crippen LogP contribution < -0.4 is 4.72 Å². The molecular weight excluding hydrogens is 326 g/mol. The highest BCUT2D eigenvalue weighted by Gasteiger charge is 2.22. The number of hydrogen-bond donors (Lipinski definition) is 2. The lowest BCUT2D eigenvalue weighted by Crippen LogP contribution is -2.16. The average molecular weight is 335 g/mol. The second-order valence-corrected chi connectivity index (χ2v) is 6.74. The van der Waals surface area contributed by atoms with Gasteiger partial charge in [0.25, 0.3) is 10.0 Å². The van der Waals surface area contributed by atoms with E-state index in [4.69, 9.17) is 5.11 Å². The molecule has 9 heteroatoms. The number of sulfonamides is 1. The molecular formula is C13H9N3O4S2. The number of carboxylic acids is 1. The summed E-state index contributed by atoms with van der Waals surface area (Å²) in [4.78, 5) is 15.0. The lowest BCUT2D eigenvalue weighted by molar-refractivity contribution is 0.0698. The number of para-hydroxylation sites is 1. The zero-order valence-corrected chi connectivity index (χ0v) is 12.6. The van der Waals surface area contributed by atoms with Crippen molar-refractivity contribution >= 4 is 43.3 Å². The number of nitrogens with one attached hydrogen (secondary N) is 1. The van der Waals surface area contributed by atoms with E-state index in [9.17, 15) is 13.2 Å². The number of fused-ring (bicyclic) bond motifs is 1. The van der Waals surface area contributed by atoms with E-state index in [1.54, 1.807) is 12.1 Å². The number of rotatable bonds is 4. The second-order valence-electron chi connectivity index (χ2n) is 4.31. The highest BCUT2D eigenvalue weighted by Crippen LogP contribution is 2.26. The Bertz CT molecular complexity index is 966. The third-order valence-electron chi connectivity index (χ3n) is 2.90. The molecule has 3 aromatic rings. The highest BCUT2D eigenvalue weighted by atomic mass is 32.2. The maximum Gasteiger partial charge on any atom is 0.337 e. The zero-order valence-electron chi connectivity index (χ0n) is 10.9. The quantitative estimate of drug-likeness (QED) is 0.756. The average Bonchev–Trinajstić information content (AvgIpc) is 2.95. The van der Waals surface area contributed by atoms with Crippen LogP contribution in [-0.4, -0.2) is 28.9 Å². The van der Waals surface area contributed by atoms with Crippen molar-refractivity contribution in [1.82, 2.24) is 9.36 Å². The standard InChI is InChI=1S/C13H9N3O4S2/c17-13(18)8-3-1-2-4-10(8)16-22(19,20)12-9-7-15-21-11(9)5-6-14-12/h1-7,16H,(H,17,18). The molecule has 2 N–H and O–H groups in total. The first kappa shape index (κ1) is 14.4. The summed E-state index contributed by atoms with van der Waals surface area (Å²) in [6.07, 6.45) is 2.79. The Morgan fingerprint density at radius 2 is 2.00 bits per heavy atom. The molecule has 0 radical (unpaired) electrons. The molecule has 1 aromatic carbocycles. The van der Waals surface area contributed by atoms with Crippen molar-refractivity contribution in [2.45, 2.75) is 5.03 Å². The molecule has 22 heavy (non-hydrogen) atoms. The van der Waals surface area contributed by atoms with E-state index in [0.717, 1.165) is 11.5 Å². The van der Waals surface area contributed by atoms with Crippen LogP contribution in [0.2, 0.25) is 0 Å². The van der Waals surface area contributed by atoms with Gasteiger partial charge in [-0.05, 0) is 29.7 Å². The first-order chi connectivity index (χ1) is 10.5. The van der Waals surface area contributed by atoms with Crippen LogP contribution in [0.15, 0.2) is 47.8 Å². The van der Waals surface area contributed by atoms with Gasteiger partial charge in [-0.3, -0.25) is 4.72 Å². The molecule has 112 valence electrons. The summed E-state index contributed by atoms with van der Waals surface area (Å²) in [7, 11) is -4.02. The molecule has 0 atom stereocenters. The molecule has 2 heterocycles. The van der Waals surface area contributed by atoms with Crippen LogP contribution in [0.5, 0.6) is 0 Å². The Labute approximate surface area is 129 Å². The summed E-state index contributed by atoms with van der Waals surface area (Å²) < 4.78 is 31.9. The third-order valence-corrected chi connectivity index (χ3v) is 4.99. The van der Waals surface area contributed by atoms with Crippen LogP contribution in [0.3, 0.4) is 0 Å². The maximum atomic E-state index is 12.5. The number of hydrogen-bond acceptors (Lipinski definition) is 6. The smallest absolute Gasteiger partial charge is 0.337 e. The van der Waals surface area contributed by atoms with Gasteiger partial charge in [-0.2, -0.15) is 12.8 Å². The minimum Gasteiger partial charge on any atom is -0.478 e. The molecule has 0 fully saturated rings. The lowest BCUT2D eigenvalue weighted by Gasteiger charge is -2.10. The normalized spacial score (nSPS) is 11.5. The highest BCUT2D eigenvalue weighted by molar-refractivity contribution is 7.92. The van der Waals surface area contributed by atoms with Gasteiger partial charge >= 0.3 is 5.97 Å². The topological polar surface area (TPSA) is 109 Å². The predicted octanol–water partition coefficient (Wildman–Crippen LogP) is 2.19. The van der Waals surface area contributed by atoms with E-state index in [1.807, 2.05) is 0 Å². The van der Waals surface area contributed by atoms with Crippen LogP contribution >= 0.6 is 11.5 Å². The first-order valence-electron chi connectivity index (χ1n) is 6.03. The molecule has 0 aliphatic rings. The number of anilines is 1. The van der Waals surface area contributed by atoms with Crippen LogP contribution in [0.4, 0.5) is 5.69 Å². The Morgan fingerprint density at radius 1 is 1.23 bits per heavy atom. The minimum absolute atomic E-state index is 0.0167. The van der Waals surface area contributed by atoms with E-state index in [0.29, 0.717) is 10.1 Å². The van der Waals surface area contributed by atoms with Crippen molar-refractivity contribution in [3.8, 4) is 0 Å². The fourth-order valence-electron chi connectivity index (χ4n) is 1.94.